The molecule has 0 amide bonds. The highest BCUT2D eigenvalue weighted by Gasteiger charge is 2.13. The molecule has 0 aliphatic heterocycles. The summed E-state index contributed by atoms with van der Waals surface area (Å²) in [6, 6.07) is 8.33. The lowest BCUT2D eigenvalue weighted by Gasteiger charge is -2.05. The molecule has 1 rings (SSSR count). The molecule has 0 aliphatic carbocycles. The van der Waals surface area contributed by atoms with Crippen molar-refractivity contribution in [1.82, 2.24) is 0 Å². The summed E-state index contributed by atoms with van der Waals surface area (Å²) in [6.45, 7) is 8.31. The van der Waals surface area contributed by atoms with Gasteiger partial charge in [0.25, 0.3) is 10.1 Å². The van der Waals surface area contributed by atoms with E-state index in [-0.39, 0.29) is 31.3 Å². The zero-order valence-electron chi connectivity index (χ0n) is 20.3. The molecule has 7 heteroatoms. The van der Waals surface area contributed by atoms with Gasteiger partial charge >= 0.3 is 0 Å². The van der Waals surface area contributed by atoms with Gasteiger partial charge in [0.05, 0.1) is 11.5 Å². The Morgan fingerprint density at radius 1 is 0.645 bits per heavy atom. The summed E-state index contributed by atoms with van der Waals surface area (Å²) in [4.78, 5) is 0.238. The highest BCUT2D eigenvalue weighted by Crippen LogP contribution is 2.13. The first kappa shape index (κ1) is 34.6. The molecule has 0 saturated heterocycles. The van der Waals surface area contributed by atoms with Gasteiger partial charge in [-0.25, -0.2) is 0 Å². The number of rotatable bonds is 13. The van der Waals surface area contributed by atoms with Crippen LogP contribution in [0.2, 0.25) is 0 Å². The van der Waals surface area contributed by atoms with E-state index in [2.05, 4.69) is 6.92 Å². The third-order valence-corrected chi connectivity index (χ3v) is 5.09. The summed E-state index contributed by atoms with van der Waals surface area (Å²) in [7, 11) is -3.57. The van der Waals surface area contributed by atoms with Crippen molar-refractivity contribution in [2.24, 2.45) is 0 Å². The normalized spacial score (nSPS) is 10.0. The Bertz CT molecular complexity index is 515. The molecule has 0 saturated carbocycles. The van der Waals surface area contributed by atoms with E-state index in [0.717, 1.165) is 12.8 Å². The van der Waals surface area contributed by atoms with Crippen LogP contribution in [0, 0.1) is 0 Å². The van der Waals surface area contributed by atoms with Crippen LogP contribution in [0.4, 0.5) is 0 Å². The van der Waals surface area contributed by atoms with Crippen LogP contribution in [-0.2, 0) is 14.3 Å². The van der Waals surface area contributed by atoms with E-state index in [0.29, 0.717) is 0 Å². The number of unbranched alkanes of at least 4 members (excludes halogenated alkanes) is 9. The predicted molar refractivity (Wildman–Crippen MR) is 130 cm³/mol. The molecule has 0 aromatic heterocycles. The molecule has 3 N–H and O–H groups in total. The van der Waals surface area contributed by atoms with Crippen LogP contribution in [0.25, 0.3) is 0 Å². The Morgan fingerprint density at radius 2 is 1.00 bits per heavy atom. The second-order valence-corrected chi connectivity index (χ2v) is 8.34. The van der Waals surface area contributed by atoms with Crippen LogP contribution in [0.15, 0.2) is 35.2 Å². The molecule has 0 fully saturated rings. The summed E-state index contributed by atoms with van der Waals surface area (Å²) in [5.74, 6) is 0. The van der Waals surface area contributed by atoms with E-state index in [1.807, 2.05) is 0 Å². The molecule has 186 valence electrons. The third kappa shape index (κ3) is 29.0. The molecule has 0 unspecified atom stereocenters. The van der Waals surface area contributed by atoms with Gasteiger partial charge in [0, 0.05) is 19.8 Å². The van der Waals surface area contributed by atoms with Crippen molar-refractivity contribution >= 4 is 10.1 Å². The molecule has 0 bridgehead atoms. The smallest absolute Gasteiger partial charge is 0.296 e. The average molecular weight is 465 g/mol. The minimum Gasteiger partial charge on any atom is -0.397 e. The summed E-state index contributed by atoms with van der Waals surface area (Å²) >= 11 is 0. The largest absolute Gasteiger partial charge is 0.397 e. The highest BCUT2D eigenvalue weighted by atomic mass is 32.2. The van der Waals surface area contributed by atoms with Crippen molar-refractivity contribution in [2.45, 2.75) is 96.8 Å². The van der Waals surface area contributed by atoms with Gasteiger partial charge in [-0.15, -0.1) is 0 Å². The van der Waals surface area contributed by atoms with Gasteiger partial charge in [0.15, 0.2) is 0 Å². The van der Waals surface area contributed by atoms with E-state index >= 15 is 0 Å². The first-order valence-electron chi connectivity index (χ1n) is 11.7. The Labute approximate surface area is 191 Å². The van der Waals surface area contributed by atoms with Crippen LogP contribution < -0.4 is 0 Å². The fraction of sp³-hybridized carbons (Fsp3) is 0.750. The van der Waals surface area contributed by atoms with Gasteiger partial charge in [-0.05, 0) is 39.3 Å². The van der Waals surface area contributed by atoms with Gasteiger partial charge in [-0.2, -0.15) is 8.42 Å². The minimum absolute atomic E-state index is 0.238. The summed E-state index contributed by atoms with van der Waals surface area (Å²) in [5.41, 5.74) is 0. The summed E-state index contributed by atoms with van der Waals surface area (Å²) < 4.78 is 28.8. The Hall–Kier alpha value is -0.990. The fourth-order valence-electron chi connectivity index (χ4n) is 2.41. The molecular formula is C24H48O6S. The van der Waals surface area contributed by atoms with Crippen molar-refractivity contribution in [2.75, 3.05) is 26.4 Å². The van der Waals surface area contributed by atoms with Crippen molar-refractivity contribution in [3.05, 3.63) is 30.3 Å². The monoisotopic (exact) mass is 464 g/mol. The maximum Gasteiger partial charge on any atom is 0.296 e. The quantitative estimate of drug-likeness (QED) is 0.270. The van der Waals surface area contributed by atoms with Gasteiger partial charge in [0.2, 0.25) is 0 Å². The molecule has 0 aliphatic rings. The van der Waals surface area contributed by atoms with E-state index in [9.17, 15) is 8.42 Å². The average Bonchev–Trinajstić information content (AvgIpc) is 2.74. The molecule has 0 heterocycles. The van der Waals surface area contributed by atoms with Gasteiger partial charge < -0.3 is 15.3 Å². The number of hydrogen-bond donors (Lipinski definition) is 3. The topological polar surface area (TPSA) is 104 Å². The number of aliphatic hydroxyl groups is 3. The number of benzene rings is 1. The molecule has 0 atom stereocenters. The lowest BCUT2D eigenvalue weighted by molar-refractivity contribution is 0.306. The van der Waals surface area contributed by atoms with E-state index in [4.69, 9.17) is 19.5 Å². The summed E-state index contributed by atoms with van der Waals surface area (Å²) in [6.07, 6.45) is 12.3. The first-order chi connectivity index (χ1) is 14.9. The lowest BCUT2D eigenvalue weighted by Crippen LogP contribution is -2.07. The Morgan fingerprint density at radius 3 is 1.39 bits per heavy atom. The van der Waals surface area contributed by atoms with E-state index < -0.39 is 10.1 Å². The van der Waals surface area contributed by atoms with Gasteiger partial charge in [-0.3, -0.25) is 4.18 Å². The molecule has 1 aromatic rings. The van der Waals surface area contributed by atoms with Crippen molar-refractivity contribution < 1.29 is 27.9 Å². The maximum atomic E-state index is 11.9. The van der Waals surface area contributed by atoms with Gasteiger partial charge in [0.1, 0.15) is 0 Å². The maximum absolute atomic E-state index is 11.9. The zero-order valence-corrected chi connectivity index (χ0v) is 21.1. The molecule has 0 spiro atoms. The van der Waals surface area contributed by atoms with Crippen molar-refractivity contribution in [3.8, 4) is 0 Å². The minimum atomic E-state index is -3.57. The molecular weight excluding hydrogens is 416 g/mol. The fourth-order valence-corrected chi connectivity index (χ4v) is 3.38. The van der Waals surface area contributed by atoms with Crippen LogP contribution in [0.5, 0.6) is 0 Å². The molecule has 31 heavy (non-hydrogen) atoms. The SMILES string of the molecule is CCCCCCCCCCCCOS(=O)(=O)c1ccccc1.CCO.CCO.CCO. The van der Waals surface area contributed by atoms with Crippen molar-refractivity contribution in [3.63, 3.8) is 0 Å². The van der Waals surface area contributed by atoms with E-state index in [1.165, 1.54) is 51.4 Å². The van der Waals surface area contributed by atoms with Gasteiger partial charge in [-0.1, -0.05) is 82.9 Å². The van der Waals surface area contributed by atoms with Crippen LogP contribution in [0.3, 0.4) is 0 Å². The molecule has 1 aromatic carbocycles. The van der Waals surface area contributed by atoms with Crippen LogP contribution in [0.1, 0.15) is 91.9 Å². The second-order valence-electron chi connectivity index (χ2n) is 6.72. The highest BCUT2D eigenvalue weighted by molar-refractivity contribution is 7.86. The predicted octanol–water partition coefficient (Wildman–Crippen LogP) is 5.31. The number of aliphatic hydroxyl groups excluding tert-OH is 3. The lowest BCUT2D eigenvalue weighted by atomic mass is 10.1. The Balaban J connectivity index is -0.000000744. The number of hydrogen-bond acceptors (Lipinski definition) is 6. The van der Waals surface area contributed by atoms with Crippen LogP contribution in [-0.4, -0.2) is 50.2 Å². The van der Waals surface area contributed by atoms with E-state index in [1.54, 1.807) is 51.1 Å². The Kier molecular flexibility index (Phi) is 32.4. The standard InChI is InChI=1S/C18H30O3S.3C2H6O/c1-2-3-4-5-6-7-8-9-10-14-17-21-22(19,20)18-15-12-11-13-16-18;3*1-2-3/h11-13,15-16H,2-10,14,17H2,1H3;3*3H,2H2,1H3. The third-order valence-electron chi connectivity index (χ3n) is 3.77. The van der Waals surface area contributed by atoms with Crippen LogP contribution >= 0.6 is 0 Å². The van der Waals surface area contributed by atoms with Crippen molar-refractivity contribution in [1.29, 1.82) is 0 Å². The second kappa shape index (κ2) is 29.0. The zero-order chi connectivity index (χ0) is 24.2. The molecule has 0 radical (unpaired) electrons. The summed E-state index contributed by atoms with van der Waals surface area (Å²) in [5, 5.41) is 22.7. The molecule has 6 nitrogen and oxygen atoms in total. The first-order valence-corrected chi connectivity index (χ1v) is 13.1.